The number of ether oxygens (including phenoxy) is 1. The molecule has 1 amide bonds. The molecule has 5 rings (SSSR count). The normalized spacial score (nSPS) is 20.7. The molecule has 0 aliphatic carbocycles. The third-order valence-electron chi connectivity index (χ3n) is 6.06. The zero-order chi connectivity index (χ0) is 20.5. The summed E-state index contributed by atoms with van der Waals surface area (Å²) in [5, 5.41) is 0. The van der Waals surface area contributed by atoms with E-state index in [1.165, 1.54) is 0 Å². The van der Waals surface area contributed by atoms with Crippen LogP contribution < -0.4 is 0 Å². The fraction of sp³-hybridized carbons (Fsp3) is 0.500. The van der Waals surface area contributed by atoms with Crippen LogP contribution in [0.25, 0.3) is 17.0 Å². The minimum absolute atomic E-state index is 0.000890. The van der Waals surface area contributed by atoms with Crippen molar-refractivity contribution in [1.29, 1.82) is 0 Å². The Balaban J connectivity index is 1.45. The highest BCUT2D eigenvalue weighted by Crippen LogP contribution is 2.24. The van der Waals surface area contributed by atoms with Gasteiger partial charge in [0.05, 0.1) is 17.9 Å². The van der Waals surface area contributed by atoms with E-state index in [2.05, 4.69) is 21.5 Å². The summed E-state index contributed by atoms with van der Waals surface area (Å²) < 4.78 is 9.76. The number of imidazole rings is 2. The van der Waals surface area contributed by atoms with Gasteiger partial charge in [-0.3, -0.25) is 9.20 Å². The molecule has 3 aromatic heterocycles. The Bertz CT molecular complexity index is 1040. The Labute approximate surface area is 176 Å². The molecule has 5 heterocycles. The van der Waals surface area contributed by atoms with Crippen LogP contribution in [0.5, 0.6) is 0 Å². The minimum atomic E-state index is -0.000890. The van der Waals surface area contributed by atoms with Gasteiger partial charge in [0.1, 0.15) is 5.69 Å². The number of rotatable bonds is 4. The van der Waals surface area contributed by atoms with Crippen molar-refractivity contribution < 1.29 is 9.53 Å². The van der Waals surface area contributed by atoms with Crippen molar-refractivity contribution in [2.45, 2.75) is 31.9 Å². The first-order chi connectivity index (χ1) is 14.7. The average Bonchev–Trinajstić information content (AvgIpc) is 3.47. The molecule has 158 valence electrons. The third kappa shape index (κ3) is 3.73. The van der Waals surface area contributed by atoms with Crippen molar-refractivity contribution in [2.24, 2.45) is 0 Å². The van der Waals surface area contributed by atoms with E-state index in [-0.39, 0.29) is 12.0 Å². The SMILES string of the molecule is CN1CCCN(C(=O)c2nc(-c3cn(CC4CCCO4)cn3)n3ccccc23)CC1. The molecular weight excluding hydrogens is 380 g/mol. The van der Waals surface area contributed by atoms with Crippen LogP contribution >= 0.6 is 0 Å². The molecule has 0 bridgehead atoms. The van der Waals surface area contributed by atoms with Gasteiger partial charge in [-0.2, -0.15) is 0 Å². The van der Waals surface area contributed by atoms with Gasteiger partial charge in [0.25, 0.3) is 5.91 Å². The summed E-state index contributed by atoms with van der Waals surface area (Å²) in [7, 11) is 2.10. The van der Waals surface area contributed by atoms with Gasteiger partial charge >= 0.3 is 0 Å². The van der Waals surface area contributed by atoms with Crippen LogP contribution in [-0.2, 0) is 11.3 Å². The van der Waals surface area contributed by atoms with Crippen LogP contribution in [0.4, 0.5) is 0 Å². The van der Waals surface area contributed by atoms with Gasteiger partial charge in [-0.1, -0.05) is 6.07 Å². The standard InChI is InChI=1S/C22H28N6O2/c1-25-8-5-9-27(12-11-25)22(29)20-19-7-2-3-10-28(19)21(24-20)18-15-26(16-23-18)14-17-6-4-13-30-17/h2-3,7,10,15-17H,4-6,8-9,11-14H2,1H3. The van der Waals surface area contributed by atoms with Crippen molar-refractivity contribution in [2.75, 3.05) is 39.8 Å². The van der Waals surface area contributed by atoms with Gasteiger partial charge in [0.15, 0.2) is 11.5 Å². The predicted molar refractivity (Wildman–Crippen MR) is 113 cm³/mol. The van der Waals surface area contributed by atoms with Crippen LogP contribution in [0.1, 0.15) is 29.8 Å². The Morgan fingerprint density at radius 3 is 3.00 bits per heavy atom. The summed E-state index contributed by atoms with van der Waals surface area (Å²) in [5.74, 6) is 0.700. The highest BCUT2D eigenvalue weighted by Gasteiger charge is 2.25. The maximum Gasteiger partial charge on any atom is 0.274 e. The van der Waals surface area contributed by atoms with Crippen LogP contribution in [0.3, 0.4) is 0 Å². The van der Waals surface area contributed by atoms with Crippen molar-refractivity contribution in [3.63, 3.8) is 0 Å². The van der Waals surface area contributed by atoms with E-state index < -0.39 is 0 Å². The monoisotopic (exact) mass is 408 g/mol. The fourth-order valence-corrected chi connectivity index (χ4v) is 4.37. The molecule has 0 N–H and O–H groups in total. The van der Waals surface area contributed by atoms with E-state index >= 15 is 0 Å². The molecule has 30 heavy (non-hydrogen) atoms. The van der Waals surface area contributed by atoms with Gasteiger partial charge in [-0.05, 0) is 45.0 Å². The number of amides is 1. The smallest absolute Gasteiger partial charge is 0.274 e. The molecule has 0 radical (unpaired) electrons. The van der Waals surface area contributed by atoms with Crippen molar-refractivity contribution in [1.82, 2.24) is 28.7 Å². The van der Waals surface area contributed by atoms with Crippen LogP contribution in [-0.4, -0.2) is 80.6 Å². The maximum absolute atomic E-state index is 13.3. The molecule has 2 aliphatic heterocycles. The second kappa shape index (κ2) is 8.20. The quantitative estimate of drug-likeness (QED) is 0.662. The number of aromatic nitrogens is 4. The molecule has 8 nitrogen and oxygen atoms in total. The van der Waals surface area contributed by atoms with Crippen molar-refractivity contribution in [3.05, 3.63) is 42.6 Å². The number of likely N-dealkylation sites (N-methyl/N-ethyl adjacent to an activating group) is 1. The van der Waals surface area contributed by atoms with E-state index in [1.807, 2.05) is 46.2 Å². The summed E-state index contributed by atoms with van der Waals surface area (Å²) in [6, 6.07) is 5.86. The first-order valence-corrected chi connectivity index (χ1v) is 10.8. The molecule has 0 aromatic carbocycles. The molecule has 0 spiro atoms. The van der Waals surface area contributed by atoms with Gasteiger partial charge < -0.3 is 19.1 Å². The predicted octanol–water partition coefficient (Wildman–Crippen LogP) is 2.15. The fourth-order valence-electron chi connectivity index (χ4n) is 4.37. The summed E-state index contributed by atoms with van der Waals surface area (Å²) in [6.45, 7) is 5.03. The van der Waals surface area contributed by atoms with Gasteiger partial charge in [0, 0.05) is 45.2 Å². The molecule has 8 heteroatoms. The third-order valence-corrected chi connectivity index (χ3v) is 6.06. The maximum atomic E-state index is 13.3. The summed E-state index contributed by atoms with van der Waals surface area (Å²) in [6.07, 6.45) is 9.21. The molecule has 2 aliphatic rings. The van der Waals surface area contributed by atoms with E-state index in [4.69, 9.17) is 9.72 Å². The Morgan fingerprint density at radius 1 is 1.20 bits per heavy atom. The number of carbonyl (C=O) groups is 1. The lowest BCUT2D eigenvalue weighted by Gasteiger charge is -2.19. The summed E-state index contributed by atoms with van der Waals surface area (Å²) >= 11 is 0. The average molecular weight is 409 g/mol. The van der Waals surface area contributed by atoms with E-state index in [0.29, 0.717) is 11.5 Å². The highest BCUT2D eigenvalue weighted by atomic mass is 16.5. The van der Waals surface area contributed by atoms with Gasteiger partial charge in [-0.15, -0.1) is 0 Å². The lowest BCUT2D eigenvalue weighted by atomic mass is 10.2. The molecule has 0 saturated carbocycles. The van der Waals surface area contributed by atoms with Gasteiger partial charge in [-0.25, -0.2) is 9.97 Å². The first kappa shape index (κ1) is 19.3. The molecule has 2 fully saturated rings. The highest BCUT2D eigenvalue weighted by molar-refractivity contribution is 6.00. The lowest BCUT2D eigenvalue weighted by molar-refractivity contribution is 0.0759. The number of nitrogens with zero attached hydrogens (tertiary/aromatic N) is 6. The molecule has 2 saturated heterocycles. The molecular formula is C22H28N6O2. The lowest BCUT2D eigenvalue weighted by Crippen LogP contribution is -2.34. The van der Waals surface area contributed by atoms with Crippen molar-refractivity contribution >= 4 is 11.4 Å². The summed E-state index contributed by atoms with van der Waals surface area (Å²) in [4.78, 5) is 26.9. The van der Waals surface area contributed by atoms with Crippen LogP contribution in [0, 0.1) is 0 Å². The molecule has 1 atom stereocenters. The van der Waals surface area contributed by atoms with E-state index in [9.17, 15) is 4.79 Å². The topological polar surface area (TPSA) is 67.9 Å². The number of carbonyl (C=O) groups excluding carboxylic acids is 1. The van der Waals surface area contributed by atoms with E-state index in [0.717, 1.165) is 69.8 Å². The first-order valence-electron chi connectivity index (χ1n) is 10.8. The van der Waals surface area contributed by atoms with E-state index in [1.54, 1.807) is 0 Å². The second-order valence-corrected chi connectivity index (χ2v) is 8.28. The van der Waals surface area contributed by atoms with Crippen LogP contribution in [0.2, 0.25) is 0 Å². The number of fused-ring (bicyclic) bond motifs is 1. The van der Waals surface area contributed by atoms with Crippen molar-refractivity contribution in [3.8, 4) is 11.5 Å². The Kier molecular flexibility index (Phi) is 5.26. The Hall–Kier alpha value is -2.71. The number of hydrogen-bond donors (Lipinski definition) is 0. The Morgan fingerprint density at radius 2 is 2.13 bits per heavy atom. The molecule has 1 unspecified atom stereocenters. The summed E-state index contributed by atoms with van der Waals surface area (Å²) in [5.41, 5.74) is 2.09. The number of hydrogen-bond acceptors (Lipinski definition) is 5. The van der Waals surface area contributed by atoms with Gasteiger partial charge in [0.2, 0.25) is 0 Å². The zero-order valence-electron chi connectivity index (χ0n) is 17.4. The van der Waals surface area contributed by atoms with Crippen LogP contribution in [0.15, 0.2) is 36.9 Å². The largest absolute Gasteiger partial charge is 0.376 e. The second-order valence-electron chi connectivity index (χ2n) is 8.28. The number of pyridine rings is 1. The molecule has 3 aromatic rings. The zero-order valence-corrected chi connectivity index (χ0v) is 17.4. The minimum Gasteiger partial charge on any atom is -0.376 e.